The van der Waals surface area contributed by atoms with E-state index in [1.807, 2.05) is 24.3 Å². The molecule has 1 fully saturated rings. The van der Waals surface area contributed by atoms with Crippen molar-refractivity contribution in [1.82, 2.24) is 10.6 Å². The molecule has 0 spiro atoms. The maximum atomic E-state index is 11.8. The number of urea groups is 1. The highest BCUT2D eigenvalue weighted by Gasteiger charge is 2.26. The zero-order valence-corrected chi connectivity index (χ0v) is 12.6. The lowest BCUT2D eigenvalue weighted by atomic mass is 9.82. The molecule has 1 aromatic rings. The van der Waals surface area contributed by atoms with Crippen molar-refractivity contribution >= 4 is 11.7 Å². The van der Waals surface area contributed by atoms with Crippen molar-refractivity contribution in [2.45, 2.75) is 45.7 Å². The minimum Gasteiger partial charge on any atom is -0.335 e. The van der Waals surface area contributed by atoms with Gasteiger partial charge in [0.2, 0.25) is 0 Å². The summed E-state index contributed by atoms with van der Waals surface area (Å²) >= 11 is 0. The van der Waals surface area contributed by atoms with E-state index in [9.17, 15) is 4.79 Å². The number of carbonyl (C=O) groups excluding carboxylic acids is 1. The van der Waals surface area contributed by atoms with E-state index in [0.717, 1.165) is 31.0 Å². The lowest BCUT2D eigenvalue weighted by molar-refractivity contribution is 0.219. The molecule has 1 atom stereocenters. The number of amides is 2. The molecule has 0 aliphatic heterocycles. The fraction of sp³-hybridized carbons (Fsp3) is 0.562. The SMILES string of the molecule is CCNC(C)c1ccc(NC(=O)NC2CC(C)C2)cc1. The van der Waals surface area contributed by atoms with Gasteiger partial charge in [-0.1, -0.05) is 26.0 Å². The van der Waals surface area contributed by atoms with E-state index in [-0.39, 0.29) is 6.03 Å². The Labute approximate surface area is 121 Å². The molecule has 1 aromatic carbocycles. The van der Waals surface area contributed by atoms with E-state index < -0.39 is 0 Å². The molecule has 3 N–H and O–H groups in total. The van der Waals surface area contributed by atoms with Crippen molar-refractivity contribution in [3.63, 3.8) is 0 Å². The van der Waals surface area contributed by atoms with Crippen LogP contribution in [0.3, 0.4) is 0 Å². The smallest absolute Gasteiger partial charge is 0.319 e. The van der Waals surface area contributed by atoms with Gasteiger partial charge in [-0.3, -0.25) is 0 Å². The molecule has 110 valence electrons. The highest BCUT2D eigenvalue weighted by molar-refractivity contribution is 5.89. The standard InChI is InChI=1S/C16H25N3O/c1-4-17-12(3)13-5-7-14(8-6-13)18-16(20)19-15-9-11(2)10-15/h5-8,11-12,15,17H,4,9-10H2,1-3H3,(H2,18,19,20). The van der Waals surface area contributed by atoms with Gasteiger partial charge in [0.1, 0.15) is 0 Å². The molecular formula is C16H25N3O. The van der Waals surface area contributed by atoms with Crippen LogP contribution in [0.5, 0.6) is 0 Å². The second-order valence-electron chi connectivity index (χ2n) is 5.77. The van der Waals surface area contributed by atoms with Crippen LogP contribution in [0.1, 0.15) is 45.2 Å². The van der Waals surface area contributed by atoms with Crippen LogP contribution in [0.15, 0.2) is 24.3 Å². The molecule has 20 heavy (non-hydrogen) atoms. The molecule has 1 aliphatic carbocycles. The summed E-state index contributed by atoms with van der Waals surface area (Å²) in [6, 6.07) is 8.58. The zero-order chi connectivity index (χ0) is 14.5. The largest absolute Gasteiger partial charge is 0.335 e. The minimum atomic E-state index is -0.102. The summed E-state index contributed by atoms with van der Waals surface area (Å²) in [6.45, 7) is 7.39. The Morgan fingerprint density at radius 2 is 1.95 bits per heavy atom. The van der Waals surface area contributed by atoms with Crippen LogP contribution in [-0.2, 0) is 0 Å². The van der Waals surface area contributed by atoms with Crippen molar-refractivity contribution in [3.05, 3.63) is 29.8 Å². The van der Waals surface area contributed by atoms with Crippen LogP contribution < -0.4 is 16.0 Å². The Bertz CT molecular complexity index is 438. The second-order valence-corrected chi connectivity index (χ2v) is 5.77. The van der Waals surface area contributed by atoms with Gasteiger partial charge < -0.3 is 16.0 Å². The third-order valence-electron chi connectivity index (χ3n) is 3.89. The third kappa shape index (κ3) is 3.97. The monoisotopic (exact) mass is 275 g/mol. The summed E-state index contributed by atoms with van der Waals surface area (Å²) in [7, 11) is 0. The first-order valence-electron chi connectivity index (χ1n) is 7.49. The number of hydrogen-bond acceptors (Lipinski definition) is 2. The summed E-state index contributed by atoms with van der Waals surface area (Å²) in [4.78, 5) is 11.8. The zero-order valence-electron chi connectivity index (χ0n) is 12.6. The van der Waals surface area contributed by atoms with E-state index >= 15 is 0 Å². The number of nitrogens with one attached hydrogen (secondary N) is 3. The number of rotatable bonds is 5. The molecule has 1 aliphatic rings. The van der Waals surface area contributed by atoms with E-state index in [1.165, 1.54) is 5.56 Å². The van der Waals surface area contributed by atoms with E-state index in [2.05, 4.69) is 36.7 Å². The number of hydrogen-bond donors (Lipinski definition) is 3. The molecule has 0 saturated heterocycles. The van der Waals surface area contributed by atoms with Gasteiger partial charge in [-0.05, 0) is 49.9 Å². The average molecular weight is 275 g/mol. The second kappa shape index (κ2) is 6.75. The van der Waals surface area contributed by atoms with Crippen LogP contribution >= 0.6 is 0 Å². The number of anilines is 1. The Balaban J connectivity index is 1.82. The third-order valence-corrected chi connectivity index (χ3v) is 3.89. The summed E-state index contributed by atoms with van der Waals surface area (Å²) in [5.74, 6) is 0.743. The molecule has 0 aromatic heterocycles. The summed E-state index contributed by atoms with van der Waals surface area (Å²) in [5.41, 5.74) is 2.06. The first-order valence-corrected chi connectivity index (χ1v) is 7.49. The van der Waals surface area contributed by atoms with Gasteiger partial charge >= 0.3 is 6.03 Å². The van der Waals surface area contributed by atoms with Crippen molar-refractivity contribution in [2.75, 3.05) is 11.9 Å². The highest BCUT2D eigenvalue weighted by atomic mass is 16.2. The van der Waals surface area contributed by atoms with Crippen LogP contribution in [-0.4, -0.2) is 18.6 Å². The summed E-state index contributed by atoms with van der Waals surface area (Å²) in [6.07, 6.45) is 2.18. The Hall–Kier alpha value is -1.55. The molecule has 0 bridgehead atoms. The predicted molar refractivity (Wildman–Crippen MR) is 82.9 cm³/mol. The number of carbonyl (C=O) groups is 1. The average Bonchev–Trinajstić information content (AvgIpc) is 2.38. The van der Waals surface area contributed by atoms with E-state index in [1.54, 1.807) is 0 Å². The Kier molecular flexibility index (Phi) is 5.01. The highest BCUT2D eigenvalue weighted by Crippen LogP contribution is 2.26. The maximum Gasteiger partial charge on any atom is 0.319 e. The van der Waals surface area contributed by atoms with Gasteiger partial charge in [0, 0.05) is 17.8 Å². The van der Waals surface area contributed by atoms with Gasteiger partial charge in [-0.2, -0.15) is 0 Å². The molecule has 2 amide bonds. The molecule has 4 heteroatoms. The molecule has 0 radical (unpaired) electrons. The first-order chi connectivity index (χ1) is 9.58. The quantitative estimate of drug-likeness (QED) is 0.772. The summed E-state index contributed by atoms with van der Waals surface area (Å²) in [5, 5.41) is 9.24. The van der Waals surface area contributed by atoms with Crippen molar-refractivity contribution < 1.29 is 4.79 Å². The lowest BCUT2D eigenvalue weighted by Gasteiger charge is -2.33. The fourth-order valence-electron chi connectivity index (χ4n) is 2.65. The number of benzene rings is 1. The predicted octanol–water partition coefficient (Wildman–Crippen LogP) is 3.28. The molecule has 2 rings (SSSR count). The lowest BCUT2D eigenvalue weighted by Crippen LogP contribution is -2.45. The van der Waals surface area contributed by atoms with Crippen molar-refractivity contribution in [1.29, 1.82) is 0 Å². The van der Waals surface area contributed by atoms with Gasteiger partial charge in [-0.15, -0.1) is 0 Å². The summed E-state index contributed by atoms with van der Waals surface area (Å²) < 4.78 is 0. The van der Waals surface area contributed by atoms with Gasteiger partial charge in [0.15, 0.2) is 0 Å². The fourth-order valence-corrected chi connectivity index (χ4v) is 2.65. The molecular weight excluding hydrogens is 250 g/mol. The van der Waals surface area contributed by atoms with Gasteiger partial charge in [0.25, 0.3) is 0 Å². The minimum absolute atomic E-state index is 0.102. The Morgan fingerprint density at radius 3 is 2.50 bits per heavy atom. The van der Waals surface area contributed by atoms with Crippen molar-refractivity contribution in [2.24, 2.45) is 5.92 Å². The van der Waals surface area contributed by atoms with E-state index in [4.69, 9.17) is 0 Å². The normalized spacial score (nSPS) is 22.8. The van der Waals surface area contributed by atoms with Gasteiger partial charge in [-0.25, -0.2) is 4.79 Å². The van der Waals surface area contributed by atoms with Crippen LogP contribution in [0.25, 0.3) is 0 Å². The van der Waals surface area contributed by atoms with Crippen LogP contribution in [0.4, 0.5) is 10.5 Å². The molecule has 1 unspecified atom stereocenters. The Morgan fingerprint density at radius 1 is 1.30 bits per heavy atom. The van der Waals surface area contributed by atoms with Gasteiger partial charge in [0.05, 0.1) is 0 Å². The molecule has 1 saturated carbocycles. The maximum absolute atomic E-state index is 11.8. The van der Waals surface area contributed by atoms with Crippen LogP contribution in [0.2, 0.25) is 0 Å². The first kappa shape index (κ1) is 14.9. The van der Waals surface area contributed by atoms with Crippen LogP contribution in [0, 0.1) is 5.92 Å². The van der Waals surface area contributed by atoms with E-state index in [0.29, 0.717) is 12.1 Å². The molecule has 4 nitrogen and oxygen atoms in total. The van der Waals surface area contributed by atoms with Crippen molar-refractivity contribution in [3.8, 4) is 0 Å². The topological polar surface area (TPSA) is 53.2 Å². The molecule has 0 heterocycles.